The topological polar surface area (TPSA) is 78.5 Å². The van der Waals surface area contributed by atoms with E-state index >= 15 is 0 Å². The van der Waals surface area contributed by atoms with Crippen molar-refractivity contribution >= 4 is 21.7 Å². The smallest absolute Gasteiger partial charge is 0.328 e. The predicted molar refractivity (Wildman–Crippen MR) is 102 cm³/mol. The van der Waals surface area contributed by atoms with Crippen molar-refractivity contribution < 1.29 is 13.2 Å². The molecule has 1 aliphatic rings. The molecule has 2 aromatic carbocycles. The van der Waals surface area contributed by atoms with Gasteiger partial charge in [0.1, 0.15) is 0 Å². The van der Waals surface area contributed by atoms with Crippen LogP contribution in [0.2, 0.25) is 0 Å². The highest BCUT2D eigenvalue weighted by Crippen LogP contribution is 2.20. The van der Waals surface area contributed by atoms with Crippen LogP contribution in [0.5, 0.6) is 0 Å². The Kier molecular flexibility index (Phi) is 5.46. The molecule has 6 nitrogen and oxygen atoms in total. The quantitative estimate of drug-likeness (QED) is 0.845. The summed E-state index contributed by atoms with van der Waals surface area (Å²) in [7, 11) is -3.87. The van der Waals surface area contributed by atoms with E-state index in [1.165, 1.54) is 30.7 Å². The van der Waals surface area contributed by atoms with Crippen molar-refractivity contribution in [3.05, 3.63) is 59.7 Å². The van der Waals surface area contributed by atoms with Crippen LogP contribution in [0.25, 0.3) is 0 Å². The maximum absolute atomic E-state index is 12.2. The van der Waals surface area contributed by atoms with Gasteiger partial charge in [0, 0.05) is 25.3 Å². The second-order valence-corrected chi connectivity index (χ2v) is 8.14. The standard InChI is InChI=1S/C19H23N3O3S/c1-15-4-10-18(11-5-15)26(24,25)21-19(23)20-14-16-6-8-17(9-7-16)22-12-2-3-13-22/h4-11H,2-3,12-14H2,1H3,(H2,20,21,23). The van der Waals surface area contributed by atoms with E-state index in [2.05, 4.69) is 10.2 Å². The Morgan fingerprint density at radius 2 is 1.62 bits per heavy atom. The largest absolute Gasteiger partial charge is 0.372 e. The summed E-state index contributed by atoms with van der Waals surface area (Å²) < 4.78 is 26.4. The number of carbonyl (C=O) groups is 1. The first-order valence-electron chi connectivity index (χ1n) is 8.65. The summed E-state index contributed by atoms with van der Waals surface area (Å²) in [4.78, 5) is 14.3. The van der Waals surface area contributed by atoms with Gasteiger partial charge in [-0.2, -0.15) is 0 Å². The highest BCUT2D eigenvalue weighted by molar-refractivity contribution is 7.90. The fraction of sp³-hybridized carbons (Fsp3) is 0.316. The lowest BCUT2D eigenvalue weighted by Crippen LogP contribution is -2.39. The number of rotatable bonds is 5. The highest BCUT2D eigenvalue weighted by Gasteiger charge is 2.17. The number of urea groups is 1. The second kappa shape index (κ2) is 7.78. The first-order valence-corrected chi connectivity index (χ1v) is 10.1. The van der Waals surface area contributed by atoms with Gasteiger partial charge in [-0.15, -0.1) is 0 Å². The molecule has 1 fully saturated rings. The molecule has 2 aromatic rings. The first kappa shape index (κ1) is 18.3. The lowest BCUT2D eigenvalue weighted by Gasteiger charge is -2.17. The van der Waals surface area contributed by atoms with Crippen molar-refractivity contribution in [2.45, 2.75) is 31.2 Å². The number of sulfonamides is 1. The molecule has 3 rings (SSSR count). The van der Waals surface area contributed by atoms with Crippen LogP contribution in [0.15, 0.2) is 53.4 Å². The van der Waals surface area contributed by atoms with Gasteiger partial charge in [-0.1, -0.05) is 29.8 Å². The van der Waals surface area contributed by atoms with Crippen LogP contribution in [0.3, 0.4) is 0 Å². The van der Waals surface area contributed by atoms with Crippen molar-refractivity contribution in [1.82, 2.24) is 10.0 Å². The summed E-state index contributed by atoms with van der Waals surface area (Å²) in [5, 5.41) is 2.58. The Hall–Kier alpha value is -2.54. The Morgan fingerprint density at radius 1 is 1.00 bits per heavy atom. The van der Waals surface area contributed by atoms with Crippen LogP contribution in [0.1, 0.15) is 24.0 Å². The summed E-state index contributed by atoms with van der Waals surface area (Å²) >= 11 is 0. The molecule has 138 valence electrons. The van der Waals surface area contributed by atoms with Gasteiger partial charge >= 0.3 is 6.03 Å². The number of nitrogens with zero attached hydrogens (tertiary/aromatic N) is 1. The zero-order chi connectivity index (χ0) is 18.6. The predicted octanol–water partition coefficient (Wildman–Crippen LogP) is 2.78. The maximum Gasteiger partial charge on any atom is 0.328 e. The van der Waals surface area contributed by atoms with Crippen molar-refractivity contribution in [2.75, 3.05) is 18.0 Å². The first-order chi connectivity index (χ1) is 12.4. The van der Waals surface area contributed by atoms with Gasteiger partial charge < -0.3 is 10.2 Å². The Bertz CT molecular complexity index is 856. The molecule has 0 saturated carbocycles. The molecule has 0 atom stereocenters. The zero-order valence-corrected chi connectivity index (χ0v) is 15.6. The second-order valence-electron chi connectivity index (χ2n) is 6.46. The number of nitrogens with one attached hydrogen (secondary N) is 2. The molecule has 1 saturated heterocycles. The van der Waals surface area contributed by atoms with Crippen LogP contribution < -0.4 is 14.9 Å². The molecule has 7 heteroatoms. The molecule has 1 aliphatic heterocycles. The Morgan fingerprint density at radius 3 is 2.23 bits per heavy atom. The minimum atomic E-state index is -3.87. The molecule has 0 bridgehead atoms. The maximum atomic E-state index is 12.2. The lowest BCUT2D eigenvalue weighted by molar-refractivity contribution is 0.245. The number of benzene rings is 2. The summed E-state index contributed by atoms with van der Waals surface area (Å²) in [6.45, 7) is 4.29. The lowest BCUT2D eigenvalue weighted by atomic mass is 10.2. The number of amides is 2. The Labute approximate surface area is 154 Å². The molecule has 0 aromatic heterocycles. The molecule has 26 heavy (non-hydrogen) atoms. The van der Waals surface area contributed by atoms with Gasteiger partial charge in [-0.3, -0.25) is 0 Å². The average Bonchev–Trinajstić information content (AvgIpc) is 3.15. The van der Waals surface area contributed by atoms with Crippen LogP contribution >= 0.6 is 0 Å². The molecule has 0 radical (unpaired) electrons. The molecule has 0 spiro atoms. The highest BCUT2D eigenvalue weighted by atomic mass is 32.2. The van der Waals surface area contributed by atoms with E-state index in [9.17, 15) is 13.2 Å². The zero-order valence-electron chi connectivity index (χ0n) is 14.7. The van der Waals surface area contributed by atoms with Crippen molar-refractivity contribution in [3.63, 3.8) is 0 Å². The molecule has 0 aliphatic carbocycles. The number of hydrogen-bond donors (Lipinski definition) is 2. The summed E-state index contributed by atoms with van der Waals surface area (Å²) in [5.41, 5.74) is 3.04. The summed E-state index contributed by atoms with van der Waals surface area (Å²) in [6.07, 6.45) is 2.44. The van der Waals surface area contributed by atoms with E-state index in [0.717, 1.165) is 24.2 Å². The monoisotopic (exact) mass is 373 g/mol. The minimum absolute atomic E-state index is 0.0632. The van der Waals surface area contributed by atoms with E-state index in [-0.39, 0.29) is 11.4 Å². The molecule has 0 unspecified atom stereocenters. The van der Waals surface area contributed by atoms with Crippen LogP contribution in [0, 0.1) is 6.92 Å². The van der Waals surface area contributed by atoms with Gasteiger partial charge in [0.15, 0.2) is 0 Å². The average molecular weight is 373 g/mol. The van der Waals surface area contributed by atoms with E-state index in [1.807, 2.05) is 35.9 Å². The third-order valence-electron chi connectivity index (χ3n) is 4.42. The number of anilines is 1. The van der Waals surface area contributed by atoms with Crippen molar-refractivity contribution in [3.8, 4) is 0 Å². The molecule has 1 heterocycles. The molecular weight excluding hydrogens is 350 g/mol. The number of aryl methyl sites for hydroxylation is 1. The van der Waals surface area contributed by atoms with Crippen molar-refractivity contribution in [2.24, 2.45) is 0 Å². The van der Waals surface area contributed by atoms with Gasteiger partial charge in [0.25, 0.3) is 10.0 Å². The van der Waals surface area contributed by atoms with Gasteiger partial charge in [-0.05, 0) is 49.6 Å². The van der Waals surface area contributed by atoms with Gasteiger partial charge in [-0.25, -0.2) is 17.9 Å². The number of carbonyl (C=O) groups excluding carboxylic acids is 1. The van der Waals surface area contributed by atoms with Crippen LogP contribution in [-0.2, 0) is 16.6 Å². The van der Waals surface area contributed by atoms with E-state index in [4.69, 9.17) is 0 Å². The van der Waals surface area contributed by atoms with Crippen LogP contribution in [-0.4, -0.2) is 27.5 Å². The molecule has 2 amide bonds. The third kappa shape index (κ3) is 4.54. The Balaban J connectivity index is 1.54. The van der Waals surface area contributed by atoms with Gasteiger partial charge in [0.05, 0.1) is 4.90 Å². The van der Waals surface area contributed by atoms with E-state index in [1.54, 1.807) is 12.1 Å². The molecular formula is C19H23N3O3S. The minimum Gasteiger partial charge on any atom is -0.372 e. The normalized spacial score (nSPS) is 14.3. The summed E-state index contributed by atoms with van der Waals surface area (Å²) in [5.74, 6) is 0. The fourth-order valence-corrected chi connectivity index (χ4v) is 3.85. The molecule has 2 N–H and O–H groups in total. The van der Waals surface area contributed by atoms with Gasteiger partial charge in [0.2, 0.25) is 0 Å². The summed E-state index contributed by atoms with van der Waals surface area (Å²) in [6, 6.07) is 13.5. The van der Waals surface area contributed by atoms with Crippen LogP contribution in [0.4, 0.5) is 10.5 Å². The van der Waals surface area contributed by atoms with E-state index in [0.29, 0.717) is 0 Å². The van der Waals surface area contributed by atoms with Crippen molar-refractivity contribution in [1.29, 1.82) is 0 Å². The SMILES string of the molecule is Cc1ccc(S(=O)(=O)NC(=O)NCc2ccc(N3CCCC3)cc2)cc1. The third-order valence-corrected chi connectivity index (χ3v) is 5.77. The van der Waals surface area contributed by atoms with E-state index < -0.39 is 16.1 Å². The number of hydrogen-bond acceptors (Lipinski definition) is 4. The fourth-order valence-electron chi connectivity index (χ4n) is 2.92.